The molecule has 0 bridgehead atoms. The van der Waals surface area contributed by atoms with E-state index in [-0.39, 0.29) is 12.2 Å². The van der Waals surface area contributed by atoms with Gasteiger partial charge in [0.2, 0.25) is 0 Å². The molecule has 1 heterocycles. The Kier molecular flexibility index (Phi) is 3.13. The van der Waals surface area contributed by atoms with E-state index in [0.29, 0.717) is 0 Å². The van der Waals surface area contributed by atoms with Gasteiger partial charge in [0.25, 0.3) is 0 Å². The maximum atomic E-state index is 5.81. The minimum absolute atomic E-state index is 0.0486. The Morgan fingerprint density at radius 2 is 1.16 bits per heavy atom. The SMILES string of the molecule is COc1ccccc1[C@@H]1O[C@H]1c1ccccc1OC. The maximum absolute atomic E-state index is 5.81. The van der Waals surface area contributed by atoms with Gasteiger partial charge in [-0.3, -0.25) is 0 Å². The number of ether oxygens (including phenoxy) is 3. The summed E-state index contributed by atoms with van der Waals surface area (Å²) in [5.74, 6) is 1.73. The average Bonchev–Trinajstić information content (AvgIpc) is 3.27. The van der Waals surface area contributed by atoms with Crippen LogP contribution in [0.5, 0.6) is 11.5 Å². The van der Waals surface area contributed by atoms with Crippen molar-refractivity contribution in [1.29, 1.82) is 0 Å². The van der Waals surface area contributed by atoms with Gasteiger partial charge in [-0.15, -0.1) is 0 Å². The summed E-state index contributed by atoms with van der Waals surface area (Å²) in [6.45, 7) is 0. The van der Waals surface area contributed by atoms with Crippen LogP contribution >= 0.6 is 0 Å². The van der Waals surface area contributed by atoms with Crippen LogP contribution in [0.15, 0.2) is 48.5 Å². The van der Waals surface area contributed by atoms with Gasteiger partial charge in [0.05, 0.1) is 14.2 Å². The Morgan fingerprint density at radius 1 is 0.737 bits per heavy atom. The molecule has 0 N–H and O–H groups in total. The predicted molar refractivity (Wildman–Crippen MR) is 72.6 cm³/mol. The van der Waals surface area contributed by atoms with E-state index in [4.69, 9.17) is 14.2 Å². The first kappa shape index (κ1) is 12.1. The molecule has 0 saturated carbocycles. The molecule has 19 heavy (non-hydrogen) atoms. The molecule has 2 atom stereocenters. The summed E-state index contributed by atoms with van der Waals surface area (Å²) in [7, 11) is 3.36. The molecule has 0 unspecified atom stereocenters. The van der Waals surface area contributed by atoms with Crippen LogP contribution in [0.25, 0.3) is 0 Å². The van der Waals surface area contributed by atoms with Crippen molar-refractivity contribution in [3.8, 4) is 11.5 Å². The standard InChI is InChI=1S/C16H16O3/c1-17-13-9-5-3-7-11(13)15-16(19-15)12-8-4-6-10-14(12)18-2/h3-10,15-16H,1-2H3/t15-,16-/m0/s1. The second kappa shape index (κ2) is 4.94. The van der Waals surface area contributed by atoms with Crippen molar-refractivity contribution in [3.63, 3.8) is 0 Å². The highest BCUT2D eigenvalue weighted by Gasteiger charge is 2.44. The molecule has 3 rings (SSSR count). The summed E-state index contributed by atoms with van der Waals surface area (Å²) in [5, 5.41) is 0. The van der Waals surface area contributed by atoms with Crippen LogP contribution in [0, 0.1) is 0 Å². The molecular formula is C16H16O3. The predicted octanol–water partition coefficient (Wildman–Crippen LogP) is 3.52. The molecule has 3 heteroatoms. The first-order chi connectivity index (χ1) is 9.35. The number of benzene rings is 2. The number of epoxide rings is 1. The lowest BCUT2D eigenvalue weighted by molar-refractivity contribution is 0.357. The maximum Gasteiger partial charge on any atom is 0.124 e. The Bertz CT molecular complexity index is 528. The lowest BCUT2D eigenvalue weighted by atomic mass is 10.0. The Hall–Kier alpha value is -2.00. The highest BCUT2D eigenvalue weighted by Crippen LogP contribution is 2.55. The van der Waals surface area contributed by atoms with Gasteiger partial charge in [-0.05, 0) is 12.1 Å². The van der Waals surface area contributed by atoms with Gasteiger partial charge in [-0.25, -0.2) is 0 Å². The molecule has 3 nitrogen and oxygen atoms in total. The van der Waals surface area contributed by atoms with E-state index in [1.807, 2.05) is 48.5 Å². The smallest absolute Gasteiger partial charge is 0.124 e. The molecule has 0 aromatic heterocycles. The van der Waals surface area contributed by atoms with E-state index in [1.54, 1.807) is 14.2 Å². The van der Waals surface area contributed by atoms with Crippen molar-refractivity contribution in [3.05, 3.63) is 59.7 Å². The number of hydrogen-bond acceptors (Lipinski definition) is 3. The zero-order valence-corrected chi connectivity index (χ0v) is 11.0. The molecule has 1 aliphatic heterocycles. The van der Waals surface area contributed by atoms with Crippen LogP contribution < -0.4 is 9.47 Å². The van der Waals surface area contributed by atoms with Crippen LogP contribution in [0.3, 0.4) is 0 Å². The van der Waals surface area contributed by atoms with Crippen LogP contribution in [-0.2, 0) is 4.74 Å². The van der Waals surface area contributed by atoms with Gasteiger partial charge in [-0.2, -0.15) is 0 Å². The lowest BCUT2D eigenvalue weighted by Crippen LogP contribution is -1.93. The Labute approximate surface area is 112 Å². The Balaban J connectivity index is 1.88. The van der Waals surface area contributed by atoms with Crippen LogP contribution in [0.4, 0.5) is 0 Å². The molecule has 0 aliphatic carbocycles. The lowest BCUT2D eigenvalue weighted by Gasteiger charge is -2.07. The summed E-state index contributed by atoms with van der Waals surface area (Å²) in [4.78, 5) is 0. The topological polar surface area (TPSA) is 31.0 Å². The van der Waals surface area contributed by atoms with Crippen molar-refractivity contribution in [2.75, 3.05) is 14.2 Å². The summed E-state index contributed by atoms with van der Waals surface area (Å²) in [6.07, 6.45) is 0.0971. The van der Waals surface area contributed by atoms with Gasteiger partial charge < -0.3 is 14.2 Å². The largest absolute Gasteiger partial charge is 0.496 e. The van der Waals surface area contributed by atoms with E-state index in [9.17, 15) is 0 Å². The van der Waals surface area contributed by atoms with Crippen molar-refractivity contribution in [2.45, 2.75) is 12.2 Å². The zero-order valence-electron chi connectivity index (χ0n) is 11.0. The minimum atomic E-state index is 0.0486. The number of rotatable bonds is 4. The summed E-state index contributed by atoms with van der Waals surface area (Å²) in [5.41, 5.74) is 2.17. The van der Waals surface area contributed by atoms with Crippen molar-refractivity contribution >= 4 is 0 Å². The van der Waals surface area contributed by atoms with Crippen LogP contribution in [0.1, 0.15) is 23.3 Å². The number of hydrogen-bond donors (Lipinski definition) is 0. The first-order valence-corrected chi connectivity index (χ1v) is 6.26. The van der Waals surface area contributed by atoms with Gasteiger partial charge in [-0.1, -0.05) is 36.4 Å². The van der Waals surface area contributed by atoms with E-state index in [1.165, 1.54) is 0 Å². The molecule has 98 valence electrons. The van der Waals surface area contributed by atoms with Gasteiger partial charge in [0.15, 0.2) is 0 Å². The molecular weight excluding hydrogens is 240 g/mol. The molecule has 0 radical (unpaired) electrons. The van der Waals surface area contributed by atoms with E-state index in [0.717, 1.165) is 22.6 Å². The zero-order chi connectivity index (χ0) is 13.2. The van der Waals surface area contributed by atoms with E-state index < -0.39 is 0 Å². The highest BCUT2D eigenvalue weighted by atomic mass is 16.6. The van der Waals surface area contributed by atoms with E-state index >= 15 is 0 Å². The second-order valence-electron chi connectivity index (χ2n) is 4.46. The first-order valence-electron chi connectivity index (χ1n) is 6.26. The monoisotopic (exact) mass is 256 g/mol. The summed E-state index contributed by atoms with van der Waals surface area (Å²) >= 11 is 0. The average molecular weight is 256 g/mol. The third-order valence-corrected chi connectivity index (χ3v) is 3.38. The molecule has 2 aromatic rings. The molecule has 1 fully saturated rings. The molecule has 1 aliphatic rings. The minimum Gasteiger partial charge on any atom is -0.496 e. The normalized spacial score (nSPS) is 20.9. The number of para-hydroxylation sites is 2. The van der Waals surface area contributed by atoms with E-state index in [2.05, 4.69) is 0 Å². The third-order valence-electron chi connectivity index (χ3n) is 3.38. The quantitative estimate of drug-likeness (QED) is 0.784. The van der Waals surface area contributed by atoms with Gasteiger partial charge >= 0.3 is 0 Å². The second-order valence-corrected chi connectivity index (χ2v) is 4.46. The molecule has 2 aromatic carbocycles. The fourth-order valence-corrected chi connectivity index (χ4v) is 2.39. The van der Waals surface area contributed by atoms with Crippen molar-refractivity contribution < 1.29 is 14.2 Å². The third kappa shape index (κ3) is 2.17. The number of methoxy groups -OCH3 is 2. The highest BCUT2D eigenvalue weighted by molar-refractivity contribution is 5.43. The molecule has 1 saturated heterocycles. The van der Waals surface area contributed by atoms with Crippen LogP contribution in [-0.4, -0.2) is 14.2 Å². The van der Waals surface area contributed by atoms with Crippen molar-refractivity contribution in [1.82, 2.24) is 0 Å². The van der Waals surface area contributed by atoms with Crippen LogP contribution in [0.2, 0.25) is 0 Å². The van der Waals surface area contributed by atoms with Gasteiger partial charge in [0.1, 0.15) is 23.7 Å². The fourth-order valence-electron chi connectivity index (χ4n) is 2.39. The molecule has 0 amide bonds. The fraction of sp³-hybridized carbons (Fsp3) is 0.250. The Morgan fingerprint density at radius 3 is 1.58 bits per heavy atom. The molecule has 0 spiro atoms. The van der Waals surface area contributed by atoms with Crippen molar-refractivity contribution in [2.24, 2.45) is 0 Å². The van der Waals surface area contributed by atoms with Gasteiger partial charge in [0, 0.05) is 11.1 Å². The summed E-state index contributed by atoms with van der Waals surface area (Å²) < 4.78 is 16.6. The summed E-state index contributed by atoms with van der Waals surface area (Å²) in [6, 6.07) is 15.9.